The van der Waals surface area contributed by atoms with E-state index in [-0.39, 0.29) is 12.2 Å². The van der Waals surface area contributed by atoms with Crippen LogP contribution >= 0.6 is 11.3 Å². The highest BCUT2D eigenvalue weighted by Crippen LogP contribution is 2.33. The van der Waals surface area contributed by atoms with Gasteiger partial charge < -0.3 is 14.2 Å². The van der Waals surface area contributed by atoms with Crippen LogP contribution in [0, 0.1) is 0 Å². The molecule has 0 amide bonds. The predicted molar refractivity (Wildman–Crippen MR) is 90.1 cm³/mol. The van der Waals surface area contributed by atoms with E-state index in [0.29, 0.717) is 22.2 Å². The first-order valence-electron chi connectivity index (χ1n) is 7.66. The van der Waals surface area contributed by atoms with Crippen molar-refractivity contribution in [1.82, 2.24) is 9.38 Å². The molecule has 0 unspecified atom stereocenters. The maximum absolute atomic E-state index is 12.4. The van der Waals surface area contributed by atoms with Gasteiger partial charge in [0, 0.05) is 17.6 Å². The van der Waals surface area contributed by atoms with Gasteiger partial charge in [-0.25, -0.2) is 9.78 Å². The van der Waals surface area contributed by atoms with Crippen LogP contribution in [0.2, 0.25) is 0 Å². The van der Waals surface area contributed by atoms with Gasteiger partial charge in [0.25, 0.3) is 5.56 Å². The molecule has 3 heterocycles. The van der Waals surface area contributed by atoms with Gasteiger partial charge in [-0.1, -0.05) is 12.1 Å². The molecule has 128 valence electrons. The van der Waals surface area contributed by atoms with Gasteiger partial charge in [-0.15, -0.1) is 11.3 Å². The minimum Gasteiger partial charge on any atom is -0.482 e. The number of aromatic nitrogens is 2. The molecule has 0 bridgehead atoms. The lowest BCUT2D eigenvalue weighted by molar-refractivity contribution is -0.159. The molecular weight excluding hydrogens is 344 g/mol. The molecule has 4 rings (SSSR count). The van der Waals surface area contributed by atoms with Gasteiger partial charge in [-0.05, 0) is 19.1 Å². The summed E-state index contributed by atoms with van der Waals surface area (Å²) in [6.07, 6.45) is 0.291. The summed E-state index contributed by atoms with van der Waals surface area (Å²) in [5.74, 6) is 0.533. The van der Waals surface area contributed by atoms with E-state index in [9.17, 15) is 9.59 Å². The van der Waals surface area contributed by atoms with Crippen molar-refractivity contribution in [3.05, 3.63) is 58.0 Å². The quantitative estimate of drug-likeness (QED) is 0.667. The monoisotopic (exact) mass is 358 g/mol. The average molecular weight is 358 g/mol. The summed E-state index contributed by atoms with van der Waals surface area (Å²) in [5, 5.41) is 1.77. The topological polar surface area (TPSA) is 79.1 Å². The Hall–Kier alpha value is -2.87. The van der Waals surface area contributed by atoms with Crippen molar-refractivity contribution in [3.63, 3.8) is 0 Å². The lowest BCUT2D eigenvalue weighted by atomic mass is 10.2. The summed E-state index contributed by atoms with van der Waals surface area (Å²) in [6, 6.07) is 8.49. The molecule has 0 saturated heterocycles. The Kier molecular flexibility index (Phi) is 3.89. The summed E-state index contributed by atoms with van der Waals surface area (Å²) in [6.45, 7) is 1.64. The van der Waals surface area contributed by atoms with Crippen LogP contribution in [-0.4, -0.2) is 27.6 Å². The lowest BCUT2D eigenvalue weighted by Gasteiger charge is -2.30. The number of thiazole rings is 1. The first-order valence-corrected chi connectivity index (χ1v) is 8.54. The van der Waals surface area contributed by atoms with Gasteiger partial charge in [0.05, 0.1) is 5.69 Å². The third kappa shape index (κ3) is 2.96. The van der Waals surface area contributed by atoms with Gasteiger partial charge in [-0.3, -0.25) is 9.20 Å². The van der Waals surface area contributed by atoms with E-state index in [1.165, 1.54) is 21.8 Å². The van der Waals surface area contributed by atoms with Crippen LogP contribution in [0.1, 0.15) is 12.6 Å². The molecule has 1 aromatic carbocycles. The number of benzene rings is 1. The number of hydrogen-bond donors (Lipinski definition) is 0. The predicted octanol–water partition coefficient (Wildman–Crippen LogP) is 2.03. The Bertz CT molecular complexity index is 996. The largest absolute Gasteiger partial charge is 0.482 e. The van der Waals surface area contributed by atoms with Crippen molar-refractivity contribution in [1.29, 1.82) is 0 Å². The van der Waals surface area contributed by atoms with E-state index in [1.807, 2.05) is 6.07 Å². The number of carbonyl (C=O) groups excluding carboxylic acids is 1. The zero-order chi connectivity index (χ0) is 17.4. The van der Waals surface area contributed by atoms with E-state index < -0.39 is 18.2 Å². The van der Waals surface area contributed by atoms with Gasteiger partial charge in [0.15, 0.2) is 16.5 Å². The Balaban J connectivity index is 1.47. The fraction of sp³-hybridized carbons (Fsp3) is 0.235. The van der Waals surface area contributed by atoms with Crippen LogP contribution in [0.4, 0.5) is 0 Å². The fourth-order valence-electron chi connectivity index (χ4n) is 2.57. The van der Waals surface area contributed by atoms with Gasteiger partial charge in [0.1, 0.15) is 12.7 Å². The van der Waals surface area contributed by atoms with Crippen molar-refractivity contribution in [2.24, 2.45) is 0 Å². The summed E-state index contributed by atoms with van der Waals surface area (Å²) in [5.41, 5.74) is 0.183. The highest BCUT2D eigenvalue weighted by atomic mass is 32.1. The molecule has 0 saturated carbocycles. The zero-order valence-corrected chi connectivity index (χ0v) is 14.1. The average Bonchev–Trinajstić information content (AvgIpc) is 3.08. The second-order valence-corrected chi connectivity index (χ2v) is 6.43. The second-order valence-electron chi connectivity index (χ2n) is 5.56. The molecular formula is C17H14N2O5S. The smallest absolute Gasteiger partial charge is 0.351 e. The van der Waals surface area contributed by atoms with E-state index >= 15 is 0 Å². The number of nitrogens with zero attached hydrogens (tertiary/aromatic N) is 2. The molecule has 0 aliphatic carbocycles. The van der Waals surface area contributed by atoms with Crippen LogP contribution in [0.15, 0.2) is 46.7 Å². The minimum absolute atomic E-state index is 0.100. The van der Waals surface area contributed by atoms with Crippen molar-refractivity contribution >= 4 is 22.3 Å². The molecule has 0 radical (unpaired) electrons. The van der Waals surface area contributed by atoms with Crippen LogP contribution in [0.25, 0.3) is 4.96 Å². The number of hydrogen-bond acceptors (Lipinski definition) is 7. The Morgan fingerprint density at radius 3 is 2.88 bits per heavy atom. The maximum atomic E-state index is 12.4. The molecule has 2 aromatic heterocycles. The standard InChI is InChI=1S/C17H14N2O5S/c1-10-15(24-13-5-3-2-4-12(13)23-10)16(21)22-9-11-8-14(20)19-6-7-25-17(19)18-11/h2-8,10,15H,9H2,1H3/t10-,15+/m1/s1. The SMILES string of the molecule is C[C@H]1Oc2ccccc2O[C@@H]1C(=O)OCc1cc(=O)n2ccsc2n1. The van der Waals surface area contributed by atoms with E-state index in [2.05, 4.69) is 4.98 Å². The zero-order valence-electron chi connectivity index (χ0n) is 13.2. The Labute approximate surface area is 146 Å². The van der Waals surface area contributed by atoms with E-state index in [0.717, 1.165) is 0 Å². The third-order valence-electron chi connectivity index (χ3n) is 3.79. The first-order chi connectivity index (χ1) is 12.1. The summed E-state index contributed by atoms with van der Waals surface area (Å²) >= 11 is 1.34. The van der Waals surface area contributed by atoms with Crippen LogP contribution < -0.4 is 15.0 Å². The van der Waals surface area contributed by atoms with Crippen molar-refractivity contribution in [3.8, 4) is 11.5 Å². The van der Waals surface area contributed by atoms with Crippen molar-refractivity contribution < 1.29 is 19.0 Å². The molecule has 0 spiro atoms. The number of carbonyl (C=O) groups is 1. The molecule has 0 fully saturated rings. The fourth-order valence-corrected chi connectivity index (χ4v) is 3.31. The number of esters is 1. The van der Waals surface area contributed by atoms with E-state index in [1.54, 1.807) is 36.7 Å². The number of para-hydroxylation sites is 2. The van der Waals surface area contributed by atoms with E-state index in [4.69, 9.17) is 14.2 Å². The van der Waals surface area contributed by atoms with Crippen molar-refractivity contribution in [2.75, 3.05) is 0 Å². The second kappa shape index (κ2) is 6.21. The normalized spacial score (nSPS) is 18.9. The number of ether oxygens (including phenoxy) is 3. The summed E-state index contributed by atoms with van der Waals surface area (Å²) < 4.78 is 18.1. The lowest BCUT2D eigenvalue weighted by Crippen LogP contribution is -2.44. The summed E-state index contributed by atoms with van der Waals surface area (Å²) in [4.78, 5) is 29.1. The maximum Gasteiger partial charge on any atom is 0.351 e. The molecule has 1 aliphatic heterocycles. The highest BCUT2D eigenvalue weighted by Gasteiger charge is 2.35. The van der Waals surface area contributed by atoms with Gasteiger partial charge in [0.2, 0.25) is 6.10 Å². The summed E-state index contributed by atoms with van der Waals surface area (Å²) in [7, 11) is 0. The Morgan fingerprint density at radius 2 is 2.08 bits per heavy atom. The molecule has 0 N–H and O–H groups in total. The van der Waals surface area contributed by atoms with Gasteiger partial charge in [-0.2, -0.15) is 0 Å². The third-order valence-corrected chi connectivity index (χ3v) is 4.55. The molecule has 7 nitrogen and oxygen atoms in total. The molecule has 1 aliphatic rings. The molecule has 25 heavy (non-hydrogen) atoms. The minimum atomic E-state index is -0.874. The van der Waals surface area contributed by atoms with Crippen LogP contribution in [0.3, 0.4) is 0 Å². The highest BCUT2D eigenvalue weighted by molar-refractivity contribution is 7.15. The van der Waals surface area contributed by atoms with Crippen LogP contribution in [0.5, 0.6) is 11.5 Å². The van der Waals surface area contributed by atoms with Crippen molar-refractivity contribution in [2.45, 2.75) is 25.7 Å². The number of rotatable bonds is 3. The molecule has 3 aromatic rings. The van der Waals surface area contributed by atoms with Gasteiger partial charge >= 0.3 is 5.97 Å². The first kappa shape index (κ1) is 15.6. The molecule has 2 atom stereocenters. The Morgan fingerprint density at radius 1 is 1.32 bits per heavy atom. The molecule has 8 heteroatoms. The number of fused-ring (bicyclic) bond motifs is 2. The van der Waals surface area contributed by atoms with Crippen LogP contribution in [-0.2, 0) is 16.1 Å².